The largest absolute Gasteiger partial charge is 0.289 e. The summed E-state index contributed by atoms with van der Waals surface area (Å²) in [7, 11) is -2.64. The third kappa shape index (κ3) is 3.28. The lowest BCUT2D eigenvalue weighted by molar-refractivity contribution is -0.387. The fourth-order valence-corrected chi connectivity index (χ4v) is 3.57. The van der Waals surface area contributed by atoms with Crippen molar-refractivity contribution in [2.45, 2.75) is 11.4 Å². The maximum atomic E-state index is 12.5. The van der Waals surface area contributed by atoms with Gasteiger partial charge in [0.25, 0.3) is 5.69 Å². The van der Waals surface area contributed by atoms with Crippen molar-refractivity contribution in [1.29, 1.82) is 0 Å². The summed E-state index contributed by atoms with van der Waals surface area (Å²) in [6.07, 6.45) is 3.04. The Labute approximate surface area is 129 Å². The molecule has 0 spiro atoms. The molecule has 0 amide bonds. The lowest BCUT2D eigenvalue weighted by Crippen LogP contribution is -2.27. The van der Waals surface area contributed by atoms with Crippen molar-refractivity contribution in [3.8, 4) is 0 Å². The Morgan fingerprint density at radius 3 is 2.76 bits per heavy atom. The van der Waals surface area contributed by atoms with Gasteiger partial charge < -0.3 is 0 Å². The highest BCUT2D eigenvalue weighted by Crippen LogP contribution is 2.29. The van der Waals surface area contributed by atoms with E-state index in [0.29, 0.717) is 10.0 Å². The lowest BCUT2D eigenvalue weighted by atomic mass is 10.3. The van der Waals surface area contributed by atoms with E-state index in [1.165, 1.54) is 25.4 Å². The number of sulfonamides is 1. The Hall–Kier alpha value is -1.78. The van der Waals surface area contributed by atoms with Crippen LogP contribution in [-0.4, -0.2) is 34.9 Å². The van der Waals surface area contributed by atoms with E-state index in [-0.39, 0.29) is 11.4 Å². The number of nitrogens with zero attached hydrogens (tertiary/aromatic N) is 3. The molecule has 0 aliphatic rings. The minimum atomic E-state index is -3.99. The first-order valence-corrected chi connectivity index (χ1v) is 7.93. The van der Waals surface area contributed by atoms with Crippen LogP contribution in [-0.2, 0) is 16.6 Å². The van der Waals surface area contributed by atoms with Crippen molar-refractivity contribution in [1.82, 2.24) is 14.5 Å². The number of aromatic amines is 1. The molecular formula is C11H11BrN4O4S. The Morgan fingerprint density at radius 1 is 1.48 bits per heavy atom. The zero-order valence-electron chi connectivity index (χ0n) is 10.9. The highest BCUT2D eigenvalue weighted by atomic mass is 79.9. The number of nitro groups is 1. The normalized spacial score (nSPS) is 11.8. The molecule has 0 atom stereocenters. The van der Waals surface area contributed by atoms with Gasteiger partial charge in [0.1, 0.15) is 0 Å². The fourth-order valence-electron chi connectivity index (χ4n) is 1.72. The topological polar surface area (TPSA) is 109 Å². The van der Waals surface area contributed by atoms with Crippen LogP contribution in [0, 0.1) is 10.1 Å². The van der Waals surface area contributed by atoms with E-state index >= 15 is 0 Å². The molecule has 10 heteroatoms. The average Bonchev–Trinajstić information content (AvgIpc) is 2.91. The van der Waals surface area contributed by atoms with E-state index in [4.69, 9.17) is 0 Å². The second kappa shape index (κ2) is 5.92. The Morgan fingerprint density at radius 2 is 2.19 bits per heavy atom. The molecule has 112 valence electrons. The highest BCUT2D eigenvalue weighted by Gasteiger charge is 2.29. The molecule has 1 aromatic carbocycles. The molecule has 0 aliphatic carbocycles. The van der Waals surface area contributed by atoms with Crippen LogP contribution in [0.15, 0.2) is 40.0 Å². The van der Waals surface area contributed by atoms with Crippen LogP contribution < -0.4 is 0 Å². The highest BCUT2D eigenvalue weighted by molar-refractivity contribution is 9.10. The van der Waals surface area contributed by atoms with Gasteiger partial charge in [-0.25, -0.2) is 8.42 Å². The third-order valence-electron chi connectivity index (χ3n) is 2.77. The van der Waals surface area contributed by atoms with Crippen LogP contribution in [0.3, 0.4) is 0 Å². The van der Waals surface area contributed by atoms with Crippen LogP contribution in [0.5, 0.6) is 0 Å². The number of nitro benzene ring substituents is 1. The van der Waals surface area contributed by atoms with Gasteiger partial charge >= 0.3 is 0 Å². The second-order valence-electron chi connectivity index (χ2n) is 4.24. The van der Waals surface area contributed by atoms with Gasteiger partial charge in [-0.05, 0) is 12.1 Å². The van der Waals surface area contributed by atoms with Gasteiger partial charge in [-0.3, -0.25) is 15.2 Å². The Bertz CT molecular complexity index is 761. The quantitative estimate of drug-likeness (QED) is 0.634. The minimum Gasteiger partial charge on any atom is -0.285 e. The van der Waals surface area contributed by atoms with Crippen LogP contribution >= 0.6 is 15.9 Å². The molecule has 1 heterocycles. The summed E-state index contributed by atoms with van der Waals surface area (Å²) in [6, 6.07) is 3.80. The first kappa shape index (κ1) is 15.6. The summed E-state index contributed by atoms with van der Waals surface area (Å²) >= 11 is 3.13. The summed E-state index contributed by atoms with van der Waals surface area (Å²) in [5, 5.41) is 17.3. The molecule has 0 radical (unpaired) electrons. The maximum Gasteiger partial charge on any atom is 0.289 e. The molecule has 8 nitrogen and oxygen atoms in total. The van der Waals surface area contributed by atoms with Crippen LogP contribution in [0.1, 0.15) is 5.56 Å². The first-order valence-electron chi connectivity index (χ1n) is 5.70. The van der Waals surface area contributed by atoms with Gasteiger partial charge in [0.05, 0.1) is 11.1 Å². The summed E-state index contributed by atoms with van der Waals surface area (Å²) < 4.78 is 26.5. The van der Waals surface area contributed by atoms with E-state index < -0.39 is 20.6 Å². The number of rotatable bonds is 5. The first-order chi connectivity index (χ1) is 9.82. The SMILES string of the molecule is CN(Cc1cn[nH]c1)S(=O)(=O)c1cc(Br)ccc1[N+](=O)[O-]. The number of halogens is 1. The van der Waals surface area contributed by atoms with Gasteiger partial charge in [-0.1, -0.05) is 15.9 Å². The average molecular weight is 375 g/mol. The monoisotopic (exact) mass is 374 g/mol. The number of benzene rings is 1. The van der Waals surface area contributed by atoms with E-state index in [1.54, 1.807) is 6.20 Å². The number of nitrogens with one attached hydrogen (secondary N) is 1. The molecule has 21 heavy (non-hydrogen) atoms. The second-order valence-corrected chi connectivity index (χ2v) is 7.17. The summed E-state index contributed by atoms with van der Waals surface area (Å²) in [4.78, 5) is 9.94. The van der Waals surface area contributed by atoms with Crippen molar-refractivity contribution in [2.75, 3.05) is 7.05 Å². The smallest absolute Gasteiger partial charge is 0.285 e. The van der Waals surface area contributed by atoms with E-state index in [0.717, 1.165) is 10.4 Å². The lowest BCUT2D eigenvalue weighted by Gasteiger charge is -2.16. The zero-order valence-corrected chi connectivity index (χ0v) is 13.3. The number of aromatic nitrogens is 2. The Balaban J connectivity index is 2.43. The summed E-state index contributed by atoms with van der Waals surface area (Å²) in [5.74, 6) is 0. The maximum absolute atomic E-state index is 12.5. The van der Waals surface area contributed by atoms with Gasteiger partial charge in [0.2, 0.25) is 10.0 Å². The van der Waals surface area contributed by atoms with Crippen LogP contribution in [0.2, 0.25) is 0 Å². The fraction of sp³-hybridized carbons (Fsp3) is 0.182. The molecule has 0 saturated heterocycles. The molecule has 0 bridgehead atoms. The molecule has 0 fully saturated rings. The van der Waals surface area contributed by atoms with Gasteiger partial charge in [0.15, 0.2) is 4.90 Å². The Kier molecular flexibility index (Phi) is 4.40. The molecule has 2 rings (SSSR count). The van der Waals surface area contributed by atoms with Gasteiger partial charge in [-0.2, -0.15) is 9.40 Å². The van der Waals surface area contributed by atoms with Gasteiger partial charge in [-0.15, -0.1) is 0 Å². The molecule has 2 aromatic rings. The number of hydrogen-bond donors (Lipinski definition) is 1. The van der Waals surface area contributed by atoms with Crippen molar-refractivity contribution >= 4 is 31.6 Å². The molecular weight excluding hydrogens is 364 g/mol. The number of H-pyrrole nitrogens is 1. The van der Waals surface area contributed by atoms with Crippen molar-refractivity contribution in [2.24, 2.45) is 0 Å². The predicted molar refractivity (Wildman–Crippen MR) is 78.0 cm³/mol. The summed E-state index contributed by atoms with van der Waals surface area (Å²) in [6.45, 7) is 0.0580. The van der Waals surface area contributed by atoms with Crippen LogP contribution in [0.25, 0.3) is 0 Å². The molecule has 0 unspecified atom stereocenters. The predicted octanol–water partition coefficient (Wildman–Crippen LogP) is 1.90. The van der Waals surface area contributed by atoms with Crippen molar-refractivity contribution < 1.29 is 13.3 Å². The van der Waals surface area contributed by atoms with Gasteiger partial charge in [0, 0.05) is 35.9 Å². The molecule has 0 aliphatic heterocycles. The molecule has 1 aromatic heterocycles. The van der Waals surface area contributed by atoms with Crippen molar-refractivity contribution in [3.63, 3.8) is 0 Å². The third-order valence-corrected chi connectivity index (χ3v) is 5.09. The van der Waals surface area contributed by atoms with E-state index in [2.05, 4.69) is 26.1 Å². The molecule has 0 saturated carbocycles. The van der Waals surface area contributed by atoms with Crippen molar-refractivity contribution in [3.05, 3.63) is 50.7 Å². The van der Waals surface area contributed by atoms with E-state index in [1.807, 2.05) is 0 Å². The molecule has 1 N–H and O–H groups in total. The minimum absolute atomic E-state index is 0.0580. The zero-order chi connectivity index (χ0) is 15.6. The number of hydrogen-bond acceptors (Lipinski definition) is 5. The van der Waals surface area contributed by atoms with Crippen LogP contribution in [0.4, 0.5) is 5.69 Å². The standard InChI is InChI=1S/C11H11BrN4O4S/c1-15(7-8-5-13-14-6-8)21(19,20)11-4-9(12)2-3-10(11)16(17)18/h2-6H,7H2,1H3,(H,13,14). The van der Waals surface area contributed by atoms with E-state index in [9.17, 15) is 18.5 Å². The summed E-state index contributed by atoms with van der Waals surface area (Å²) in [5.41, 5.74) is 0.191.